The van der Waals surface area contributed by atoms with E-state index < -0.39 is 28.4 Å². The molecule has 0 saturated carbocycles. The number of aromatic nitrogens is 4. The highest BCUT2D eigenvalue weighted by molar-refractivity contribution is 14.1. The molecule has 0 saturated heterocycles. The van der Waals surface area contributed by atoms with Crippen molar-refractivity contribution in [2.24, 2.45) is 0 Å². The Labute approximate surface area is 228 Å². The normalized spacial score (nSPS) is 12.1. The number of rotatable bonds is 8. The molecule has 0 aliphatic carbocycles. The number of aromatic amines is 1. The van der Waals surface area contributed by atoms with Gasteiger partial charge in [0.2, 0.25) is 10.0 Å². The minimum absolute atomic E-state index is 0.106. The van der Waals surface area contributed by atoms with Gasteiger partial charge < -0.3 is 10.1 Å². The van der Waals surface area contributed by atoms with Gasteiger partial charge in [-0.2, -0.15) is 18.3 Å². The summed E-state index contributed by atoms with van der Waals surface area (Å²) in [6.45, 7) is 0.106. The maximum absolute atomic E-state index is 14.6. The number of fused-ring (bicyclic) bond motifs is 1. The van der Waals surface area contributed by atoms with Crippen molar-refractivity contribution in [3.8, 4) is 17.1 Å². The second-order valence-electron chi connectivity index (χ2n) is 8.28. The summed E-state index contributed by atoms with van der Waals surface area (Å²) in [5.74, 6) is -1.16. The predicted molar refractivity (Wildman–Crippen MR) is 143 cm³/mol. The lowest BCUT2D eigenvalue weighted by Gasteiger charge is -2.20. The summed E-state index contributed by atoms with van der Waals surface area (Å²) in [7, 11) is -0.957. The Hall–Kier alpha value is -3.21. The van der Waals surface area contributed by atoms with Crippen molar-refractivity contribution in [2.45, 2.75) is 19.1 Å². The van der Waals surface area contributed by atoms with Crippen molar-refractivity contribution in [3.05, 3.63) is 57.0 Å². The van der Waals surface area contributed by atoms with Crippen LogP contribution in [0, 0.1) is 9.52 Å². The maximum Gasteiger partial charge on any atom is 0.393 e. The lowest BCUT2D eigenvalue weighted by Crippen LogP contribution is -2.26. The average Bonchev–Trinajstić information content (AvgIpc) is 3.22. The predicted octanol–water partition coefficient (Wildman–Crippen LogP) is 4.88. The molecule has 2 aromatic heterocycles. The number of anilines is 2. The maximum atomic E-state index is 14.6. The van der Waals surface area contributed by atoms with Crippen LogP contribution in [0.5, 0.6) is 5.75 Å². The van der Waals surface area contributed by atoms with Crippen molar-refractivity contribution in [1.29, 1.82) is 0 Å². The fourth-order valence-corrected chi connectivity index (χ4v) is 4.96. The van der Waals surface area contributed by atoms with Gasteiger partial charge >= 0.3 is 6.18 Å². The highest BCUT2D eigenvalue weighted by Gasteiger charge is 2.31. The smallest absolute Gasteiger partial charge is 0.393 e. The number of hydrogen-bond acceptors (Lipinski definition) is 7. The minimum Gasteiger partial charge on any atom is -0.494 e. The Morgan fingerprint density at radius 2 is 1.87 bits per heavy atom. The van der Waals surface area contributed by atoms with Crippen molar-refractivity contribution in [3.63, 3.8) is 0 Å². The van der Waals surface area contributed by atoms with Crippen LogP contribution in [0.15, 0.2) is 36.4 Å². The summed E-state index contributed by atoms with van der Waals surface area (Å²) >= 11 is 1.95. The molecule has 0 spiro atoms. The topological polar surface area (TPSA) is 113 Å². The van der Waals surface area contributed by atoms with Crippen LogP contribution in [0.1, 0.15) is 11.1 Å². The summed E-state index contributed by atoms with van der Waals surface area (Å²) in [5, 5.41) is 10.4. The molecule has 0 amide bonds. The third-order valence-corrected chi connectivity index (χ3v) is 7.63. The number of H-pyrrole nitrogens is 1. The first-order valence-corrected chi connectivity index (χ1v) is 13.8. The molecule has 4 aromatic rings. The van der Waals surface area contributed by atoms with Gasteiger partial charge in [-0.15, -0.1) is 0 Å². The Kier molecular flexibility index (Phi) is 7.69. The van der Waals surface area contributed by atoms with Crippen LogP contribution >= 0.6 is 22.6 Å². The van der Waals surface area contributed by atoms with Crippen LogP contribution in [0.25, 0.3) is 22.4 Å². The number of nitrogens with zero attached hydrogens (tertiary/aromatic N) is 4. The van der Waals surface area contributed by atoms with Crippen molar-refractivity contribution >= 4 is 55.2 Å². The van der Waals surface area contributed by atoms with E-state index in [1.807, 2.05) is 22.6 Å². The highest BCUT2D eigenvalue weighted by atomic mass is 127. The molecule has 9 nitrogen and oxygen atoms in total. The van der Waals surface area contributed by atoms with Gasteiger partial charge in [-0.1, -0.05) is 18.2 Å². The van der Waals surface area contributed by atoms with E-state index in [0.717, 1.165) is 29.8 Å². The third-order valence-electron chi connectivity index (χ3n) is 5.66. The van der Waals surface area contributed by atoms with Crippen molar-refractivity contribution in [1.82, 2.24) is 20.2 Å². The Balaban J connectivity index is 1.81. The molecule has 0 aliphatic rings. The summed E-state index contributed by atoms with van der Waals surface area (Å²) in [4.78, 5) is 8.75. The SMILES string of the molecule is COc1cc(CC(F)(F)F)c(-c2nc(NCc3ccccc3N(C)S(C)(=O)=O)c3c(I)n[nH]c3n2)cc1F. The molecule has 202 valence electrons. The van der Waals surface area contributed by atoms with Gasteiger partial charge in [-0.05, 0) is 51.9 Å². The van der Waals surface area contributed by atoms with Crippen molar-refractivity contribution < 1.29 is 30.7 Å². The number of sulfonamides is 1. The van der Waals surface area contributed by atoms with Gasteiger partial charge in [0.25, 0.3) is 0 Å². The largest absolute Gasteiger partial charge is 0.494 e. The second-order valence-corrected chi connectivity index (χ2v) is 11.3. The number of para-hydroxylation sites is 1. The average molecular weight is 664 g/mol. The van der Waals surface area contributed by atoms with Gasteiger partial charge in [-0.3, -0.25) is 9.40 Å². The van der Waals surface area contributed by atoms with E-state index in [4.69, 9.17) is 4.74 Å². The summed E-state index contributed by atoms with van der Waals surface area (Å²) in [6, 6.07) is 8.69. The molecule has 0 atom stereocenters. The number of benzene rings is 2. The molecule has 4 rings (SSSR count). The van der Waals surface area contributed by atoms with Gasteiger partial charge in [0.15, 0.2) is 23.0 Å². The first-order chi connectivity index (χ1) is 17.8. The molecule has 15 heteroatoms. The molecule has 0 radical (unpaired) electrons. The zero-order chi connectivity index (χ0) is 27.8. The number of ether oxygens (including phenoxy) is 1. The molecule has 2 aromatic carbocycles. The molecule has 2 heterocycles. The Morgan fingerprint density at radius 1 is 1.16 bits per heavy atom. The van der Waals surface area contributed by atoms with Gasteiger partial charge in [0.1, 0.15) is 9.52 Å². The Morgan fingerprint density at radius 3 is 2.53 bits per heavy atom. The van der Waals surface area contributed by atoms with Crippen LogP contribution in [0.4, 0.5) is 29.1 Å². The van der Waals surface area contributed by atoms with Crippen LogP contribution < -0.4 is 14.4 Å². The first-order valence-electron chi connectivity index (χ1n) is 10.9. The van der Waals surface area contributed by atoms with E-state index in [0.29, 0.717) is 20.3 Å². The number of methoxy groups -OCH3 is 1. The molecule has 0 bridgehead atoms. The molecule has 38 heavy (non-hydrogen) atoms. The molecule has 0 fully saturated rings. The van der Waals surface area contributed by atoms with Gasteiger partial charge in [0.05, 0.1) is 30.9 Å². The zero-order valence-corrected chi connectivity index (χ0v) is 23.2. The first kappa shape index (κ1) is 27.8. The molecule has 0 unspecified atom stereocenters. The number of hydrogen-bond donors (Lipinski definition) is 2. The molecular formula is C23H21F4IN6O3S. The third kappa shape index (κ3) is 5.92. The van der Waals surface area contributed by atoms with E-state index in [2.05, 4.69) is 25.5 Å². The van der Waals surface area contributed by atoms with Crippen LogP contribution in [0.3, 0.4) is 0 Å². The summed E-state index contributed by atoms with van der Waals surface area (Å²) in [5.41, 5.74) is 0.834. The van der Waals surface area contributed by atoms with E-state index in [-0.39, 0.29) is 40.7 Å². The fourth-order valence-electron chi connectivity index (χ4n) is 3.79. The number of alkyl halides is 3. The number of nitrogens with one attached hydrogen (secondary N) is 2. The summed E-state index contributed by atoms with van der Waals surface area (Å²) < 4.78 is 85.4. The van der Waals surface area contributed by atoms with Crippen LogP contribution in [-0.4, -0.2) is 55.2 Å². The fraction of sp³-hybridized carbons (Fsp3) is 0.261. The number of halogens is 5. The Bertz CT molecular complexity index is 1610. The van der Waals surface area contributed by atoms with E-state index >= 15 is 0 Å². The van der Waals surface area contributed by atoms with Crippen molar-refractivity contribution in [2.75, 3.05) is 30.0 Å². The molecule has 2 N–H and O–H groups in total. The lowest BCUT2D eigenvalue weighted by atomic mass is 10.0. The van der Waals surface area contributed by atoms with E-state index in [1.165, 1.54) is 7.05 Å². The van der Waals surface area contributed by atoms with Crippen LogP contribution in [-0.2, 0) is 23.0 Å². The highest BCUT2D eigenvalue weighted by Crippen LogP contribution is 2.35. The molecular weight excluding hydrogens is 643 g/mol. The van der Waals surface area contributed by atoms with E-state index in [9.17, 15) is 26.0 Å². The van der Waals surface area contributed by atoms with Crippen LogP contribution in [0.2, 0.25) is 0 Å². The summed E-state index contributed by atoms with van der Waals surface area (Å²) in [6.07, 6.45) is -4.85. The standard InChI is InChI=1S/C23H21F4IN6O3S/c1-34(38(3,35)36)16-7-5-4-6-12(16)11-29-21-18-19(28)32-33-22(18)31-20(30-21)14-9-15(24)17(37-2)8-13(14)10-23(25,26)27/h4-9H,10-11H2,1-3H3,(H2,29,30,31,32,33). The monoisotopic (exact) mass is 664 g/mol. The minimum atomic E-state index is -4.58. The van der Waals surface area contributed by atoms with E-state index in [1.54, 1.807) is 24.3 Å². The molecule has 0 aliphatic heterocycles. The van der Waals surface area contributed by atoms with Gasteiger partial charge in [0, 0.05) is 19.2 Å². The zero-order valence-electron chi connectivity index (χ0n) is 20.2. The lowest BCUT2D eigenvalue weighted by molar-refractivity contribution is -0.127. The van der Waals surface area contributed by atoms with Gasteiger partial charge in [-0.25, -0.2) is 22.8 Å². The quantitative estimate of drug-likeness (QED) is 0.204. The second kappa shape index (κ2) is 10.5.